The predicted molar refractivity (Wildman–Crippen MR) is 32.2 cm³/mol. The summed E-state index contributed by atoms with van der Waals surface area (Å²) in [6.45, 7) is -0.250. The molecule has 0 aliphatic carbocycles. The van der Waals surface area contributed by atoms with Crippen LogP contribution >= 0.6 is 0 Å². The van der Waals surface area contributed by atoms with E-state index in [4.69, 9.17) is 9.90 Å². The minimum Gasteiger partial charge on any atom is -0.483 e. The first-order valence-electron chi connectivity index (χ1n) is 2.57. The standard InChI is InChI=1S/C4H4F2N2.CH2O2/c5-4(6)3-1-2-7-8-3;2-1-3/h1-2,4H,(H,7,8);1H,(H,2,3). The van der Waals surface area contributed by atoms with Gasteiger partial charge in [-0.3, -0.25) is 9.89 Å². The van der Waals surface area contributed by atoms with Crippen molar-refractivity contribution in [3.8, 4) is 0 Å². The fourth-order valence-electron chi connectivity index (χ4n) is 0.388. The smallest absolute Gasteiger partial charge is 0.290 e. The molecule has 1 aromatic rings. The van der Waals surface area contributed by atoms with E-state index >= 15 is 0 Å². The van der Waals surface area contributed by atoms with Gasteiger partial charge in [-0.05, 0) is 6.07 Å². The van der Waals surface area contributed by atoms with Crippen LogP contribution in [0.1, 0.15) is 12.1 Å². The van der Waals surface area contributed by atoms with Crippen LogP contribution in [0.4, 0.5) is 8.78 Å². The number of aromatic amines is 1. The van der Waals surface area contributed by atoms with E-state index in [1.165, 1.54) is 12.3 Å². The van der Waals surface area contributed by atoms with Gasteiger partial charge in [-0.15, -0.1) is 0 Å². The molecule has 62 valence electrons. The van der Waals surface area contributed by atoms with E-state index in [0.29, 0.717) is 0 Å². The molecule has 0 amide bonds. The van der Waals surface area contributed by atoms with Gasteiger partial charge in [0.25, 0.3) is 12.9 Å². The number of carbonyl (C=O) groups is 1. The molecule has 0 radical (unpaired) electrons. The number of nitrogens with one attached hydrogen (secondary N) is 1. The zero-order chi connectivity index (χ0) is 8.69. The molecule has 0 aliphatic rings. The highest BCUT2D eigenvalue weighted by Crippen LogP contribution is 2.13. The minimum absolute atomic E-state index is 0.134. The fourth-order valence-corrected chi connectivity index (χ4v) is 0.388. The van der Waals surface area contributed by atoms with Gasteiger partial charge in [-0.2, -0.15) is 5.10 Å². The molecule has 0 spiro atoms. The van der Waals surface area contributed by atoms with E-state index in [2.05, 4.69) is 10.2 Å². The van der Waals surface area contributed by atoms with Crippen molar-refractivity contribution in [1.82, 2.24) is 10.2 Å². The second-order valence-electron chi connectivity index (χ2n) is 1.42. The molecule has 0 saturated heterocycles. The molecular weight excluding hydrogens is 158 g/mol. The molecule has 0 fully saturated rings. The van der Waals surface area contributed by atoms with Crippen LogP contribution in [0.2, 0.25) is 0 Å². The van der Waals surface area contributed by atoms with Gasteiger partial charge in [0, 0.05) is 6.20 Å². The average molecular weight is 164 g/mol. The first-order chi connectivity index (χ1) is 5.22. The summed E-state index contributed by atoms with van der Waals surface area (Å²) in [5.74, 6) is 0. The fraction of sp³-hybridized carbons (Fsp3) is 0.200. The van der Waals surface area contributed by atoms with Gasteiger partial charge in [0.15, 0.2) is 0 Å². The Morgan fingerprint density at radius 2 is 2.27 bits per heavy atom. The van der Waals surface area contributed by atoms with Gasteiger partial charge in [-0.1, -0.05) is 0 Å². The summed E-state index contributed by atoms with van der Waals surface area (Å²) in [7, 11) is 0. The summed E-state index contributed by atoms with van der Waals surface area (Å²) in [6, 6.07) is 1.24. The normalized spacial score (nSPS) is 8.64. The SMILES string of the molecule is FC(F)c1ccn[nH]1.O=CO. The van der Waals surface area contributed by atoms with Gasteiger partial charge in [0.1, 0.15) is 5.69 Å². The van der Waals surface area contributed by atoms with E-state index in [9.17, 15) is 8.78 Å². The topological polar surface area (TPSA) is 66.0 Å². The number of alkyl halides is 2. The molecule has 1 heterocycles. The maximum atomic E-state index is 11.5. The van der Waals surface area contributed by atoms with Crippen LogP contribution < -0.4 is 0 Å². The highest BCUT2D eigenvalue weighted by Gasteiger charge is 2.05. The number of H-pyrrole nitrogens is 1. The van der Waals surface area contributed by atoms with Crippen molar-refractivity contribution in [1.29, 1.82) is 0 Å². The lowest BCUT2D eigenvalue weighted by Gasteiger charge is -1.87. The molecule has 1 aromatic heterocycles. The molecule has 1 rings (SSSR count). The summed E-state index contributed by atoms with van der Waals surface area (Å²) in [5.41, 5.74) is -0.134. The Hall–Kier alpha value is -1.46. The minimum atomic E-state index is -2.43. The quantitative estimate of drug-likeness (QED) is 0.609. The van der Waals surface area contributed by atoms with Gasteiger partial charge in [0.2, 0.25) is 0 Å². The van der Waals surface area contributed by atoms with Crippen LogP contribution in [0.25, 0.3) is 0 Å². The van der Waals surface area contributed by atoms with Crippen LogP contribution in [0.5, 0.6) is 0 Å². The molecule has 4 nitrogen and oxygen atoms in total. The molecule has 11 heavy (non-hydrogen) atoms. The summed E-state index contributed by atoms with van der Waals surface area (Å²) in [4.78, 5) is 8.36. The van der Waals surface area contributed by atoms with E-state index in [-0.39, 0.29) is 12.2 Å². The first-order valence-corrected chi connectivity index (χ1v) is 2.57. The summed E-state index contributed by atoms with van der Waals surface area (Å²) in [5, 5.41) is 12.4. The second-order valence-corrected chi connectivity index (χ2v) is 1.42. The molecule has 0 atom stereocenters. The van der Waals surface area contributed by atoms with E-state index in [1.807, 2.05) is 0 Å². The zero-order valence-corrected chi connectivity index (χ0v) is 5.37. The zero-order valence-electron chi connectivity index (χ0n) is 5.37. The molecule has 2 N–H and O–H groups in total. The molecule has 6 heteroatoms. The molecule has 0 unspecified atom stereocenters. The van der Waals surface area contributed by atoms with Crippen molar-refractivity contribution in [3.05, 3.63) is 18.0 Å². The van der Waals surface area contributed by atoms with Crippen molar-refractivity contribution in [2.24, 2.45) is 0 Å². The lowest BCUT2D eigenvalue weighted by molar-refractivity contribution is -0.122. The monoisotopic (exact) mass is 164 g/mol. The van der Waals surface area contributed by atoms with Gasteiger partial charge in [0.05, 0.1) is 0 Å². The molecular formula is C5H6F2N2O2. The maximum absolute atomic E-state index is 11.5. The molecule has 0 aliphatic heterocycles. The van der Waals surface area contributed by atoms with Crippen molar-refractivity contribution in [2.75, 3.05) is 0 Å². The van der Waals surface area contributed by atoms with Crippen molar-refractivity contribution < 1.29 is 18.7 Å². The Bertz CT molecular complexity index is 188. The van der Waals surface area contributed by atoms with Crippen LogP contribution in [-0.2, 0) is 4.79 Å². The first kappa shape index (κ1) is 9.54. The Morgan fingerprint density at radius 3 is 2.45 bits per heavy atom. The number of carboxylic acid groups (broad SMARTS) is 1. The lowest BCUT2D eigenvalue weighted by atomic mass is 10.5. The summed E-state index contributed by atoms with van der Waals surface area (Å²) >= 11 is 0. The van der Waals surface area contributed by atoms with Crippen molar-refractivity contribution >= 4 is 6.47 Å². The van der Waals surface area contributed by atoms with E-state index in [1.54, 1.807) is 0 Å². The third kappa shape index (κ3) is 4.01. The number of aromatic nitrogens is 2. The Kier molecular flexibility index (Phi) is 4.63. The lowest BCUT2D eigenvalue weighted by Crippen LogP contribution is -1.81. The number of rotatable bonds is 1. The Morgan fingerprint density at radius 1 is 1.73 bits per heavy atom. The van der Waals surface area contributed by atoms with Gasteiger partial charge < -0.3 is 5.11 Å². The van der Waals surface area contributed by atoms with E-state index < -0.39 is 6.43 Å². The van der Waals surface area contributed by atoms with Crippen molar-refractivity contribution in [2.45, 2.75) is 6.43 Å². The summed E-state index contributed by atoms with van der Waals surface area (Å²) < 4.78 is 23.1. The van der Waals surface area contributed by atoms with Crippen LogP contribution in [0.15, 0.2) is 12.3 Å². The summed E-state index contributed by atoms with van der Waals surface area (Å²) in [6.07, 6.45) is -1.14. The third-order valence-electron chi connectivity index (χ3n) is 0.757. The number of nitrogens with zero attached hydrogens (tertiary/aromatic N) is 1. The number of halogens is 2. The van der Waals surface area contributed by atoms with Gasteiger partial charge >= 0.3 is 0 Å². The Balaban J connectivity index is 0.000000292. The second kappa shape index (κ2) is 5.33. The largest absolute Gasteiger partial charge is 0.483 e. The highest BCUT2D eigenvalue weighted by atomic mass is 19.3. The number of hydrogen-bond donors (Lipinski definition) is 2. The number of hydrogen-bond acceptors (Lipinski definition) is 2. The van der Waals surface area contributed by atoms with Gasteiger partial charge in [-0.25, -0.2) is 8.78 Å². The predicted octanol–water partition coefficient (Wildman–Crippen LogP) is 1.05. The molecule has 0 bridgehead atoms. The average Bonchev–Trinajstić information content (AvgIpc) is 2.38. The van der Waals surface area contributed by atoms with Crippen molar-refractivity contribution in [3.63, 3.8) is 0 Å². The maximum Gasteiger partial charge on any atom is 0.290 e. The molecule has 0 saturated carbocycles. The Labute approximate surface area is 60.9 Å². The van der Waals surface area contributed by atoms with Crippen LogP contribution in [0, 0.1) is 0 Å². The van der Waals surface area contributed by atoms with E-state index in [0.717, 1.165) is 0 Å². The van der Waals surface area contributed by atoms with Crippen LogP contribution in [-0.4, -0.2) is 21.8 Å². The molecule has 0 aromatic carbocycles. The third-order valence-corrected chi connectivity index (χ3v) is 0.757. The van der Waals surface area contributed by atoms with Crippen LogP contribution in [0.3, 0.4) is 0 Å². The highest BCUT2D eigenvalue weighted by molar-refractivity contribution is 5.32.